The van der Waals surface area contributed by atoms with Gasteiger partial charge in [0.1, 0.15) is 0 Å². The van der Waals surface area contributed by atoms with Gasteiger partial charge in [0.2, 0.25) is 10.0 Å². The average molecular weight is 299 g/mol. The van der Waals surface area contributed by atoms with Crippen molar-refractivity contribution in [2.75, 3.05) is 13.2 Å². The van der Waals surface area contributed by atoms with Crippen LogP contribution in [0.2, 0.25) is 0 Å². The first kappa shape index (κ1) is 15.4. The zero-order valence-corrected chi connectivity index (χ0v) is 12.4. The van der Waals surface area contributed by atoms with E-state index in [0.29, 0.717) is 6.42 Å². The van der Waals surface area contributed by atoms with Crippen molar-refractivity contribution in [2.45, 2.75) is 43.0 Å². The van der Waals surface area contributed by atoms with Crippen LogP contribution in [0.25, 0.3) is 0 Å². The second-order valence-corrected chi connectivity index (χ2v) is 7.02. The van der Waals surface area contributed by atoms with Crippen molar-refractivity contribution < 1.29 is 18.6 Å². The van der Waals surface area contributed by atoms with Crippen molar-refractivity contribution in [1.82, 2.24) is 4.72 Å². The van der Waals surface area contributed by atoms with Crippen molar-refractivity contribution in [3.8, 4) is 0 Å². The first-order valence-corrected chi connectivity index (χ1v) is 8.32. The van der Waals surface area contributed by atoms with Crippen molar-refractivity contribution >= 4 is 10.0 Å². The van der Waals surface area contributed by atoms with Crippen molar-refractivity contribution in [2.24, 2.45) is 0 Å². The molecule has 6 heteroatoms. The van der Waals surface area contributed by atoms with E-state index in [1.807, 2.05) is 6.07 Å². The SMILES string of the molecule is CCC(CO)(CO)NS(=O)(=O)c1ccc2c(c1)CCC2. The highest BCUT2D eigenvalue weighted by molar-refractivity contribution is 7.89. The zero-order chi connectivity index (χ0) is 14.8. The van der Waals surface area contributed by atoms with E-state index in [-0.39, 0.29) is 4.90 Å². The number of nitrogens with one attached hydrogen (secondary N) is 1. The molecule has 5 nitrogen and oxygen atoms in total. The fourth-order valence-corrected chi connectivity index (χ4v) is 3.98. The Balaban J connectivity index is 2.31. The number of fused-ring (bicyclic) bond motifs is 1. The normalized spacial score (nSPS) is 15.3. The van der Waals surface area contributed by atoms with Gasteiger partial charge in [0.25, 0.3) is 0 Å². The van der Waals surface area contributed by atoms with Crippen LogP contribution in [0, 0.1) is 0 Å². The smallest absolute Gasteiger partial charge is 0.241 e. The van der Waals surface area contributed by atoms with Gasteiger partial charge in [-0.3, -0.25) is 0 Å². The van der Waals surface area contributed by atoms with E-state index in [0.717, 1.165) is 24.8 Å². The van der Waals surface area contributed by atoms with Gasteiger partial charge >= 0.3 is 0 Å². The topological polar surface area (TPSA) is 86.6 Å². The summed E-state index contributed by atoms with van der Waals surface area (Å²) in [6, 6.07) is 5.13. The summed E-state index contributed by atoms with van der Waals surface area (Å²) in [5.41, 5.74) is 1.07. The summed E-state index contributed by atoms with van der Waals surface area (Å²) >= 11 is 0. The fraction of sp³-hybridized carbons (Fsp3) is 0.571. The van der Waals surface area contributed by atoms with Crippen LogP contribution in [-0.4, -0.2) is 37.4 Å². The van der Waals surface area contributed by atoms with Gasteiger partial charge in [-0.25, -0.2) is 13.1 Å². The molecular weight excluding hydrogens is 278 g/mol. The minimum atomic E-state index is -3.75. The van der Waals surface area contributed by atoms with E-state index in [2.05, 4.69) is 4.72 Å². The molecule has 0 unspecified atom stereocenters. The second kappa shape index (κ2) is 5.81. The molecule has 0 aliphatic heterocycles. The van der Waals surface area contributed by atoms with Gasteiger partial charge in [-0.1, -0.05) is 13.0 Å². The maximum absolute atomic E-state index is 12.4. The number of aliphatic hydroxyl groups is 2. The highest BCUT2D eigenvalue weighted by Gasteiger charge is 2.33. The maximum atomic E-state index is 12.4. The molecule has 1 aliphatic rings. The molecule has 3 N–H and O–H groups in total. The number of hydrogen-bond acceptors (Lipinski definition) is 4. The molecule has 20 heavy (non-hydrogen) atoms. The molecule has 0 amide bonds. The highest BCUT2D eigenvalue weighted by Crippen LogP contribution is 2.25. The molecule has 2 rings (SSSR count). The number of aliphatic hydroxyl groups excluding tert-OH is 2. The van der Waals surface area contributed by atoms with Gasteiger partial charge in [-0.15, -0.1) is 0 Å². The Morgan fingerprint density at radius 2 is 1.85 bits per heavy atom. The van der Waals surface area contributed by atoms with Crippen molar-refractivity contribution in [3.63, 3.8) is 0 Å². The molecule has 1 aliphatic carbocycles. The molecule has 0 radical (unpaired) electrons. The van der Waals surface area contributed by atoms with Gasteiger partial charge in [0, 0.05) is 0 Å². The van der Waals surface area contributed by atoms with Crippen LogP contribution in [0.4, 0.5) is 0 Å². The Labute approximate surface area is 119 Å². The molecule has 0 saturated carbocycles. The first-order valence-electron chi connectivity index (χ1n) is 6.84. The lowest BCUT2D eigenvalue weighted by atomic mass is 10.0. The standard InChI is InChI=1S/C14H21NO4S/c1-2-14(9-16,10-17)15-20(18,19)13-7-6-11-4-3-5-12(11)8-13/h6-8,15-17H,2-5,9-10H2,1H3. The maximum Gasteiger partial charge on any atom is 0.241 e. The number of benzene rings is 1. The predicted octanol–water partition coefficient (Wildman–Crippen LogP) is 0.587. The minimum Gasteiger partial charge on any atom is -0.394 e. The van der Waals surface area contributed by atoms with E-state index in [9.17, 15) is 18.6 Å². The van der Waals surface area contributed by atoms with Crippen LogP contribution in [0.15, 0.2) is 23.1 Å². The summed E-state index contributed by atoms with van der Waals surface area (Å²) in [5.74, 6) is 0. The van der Waals surface area contributed by atoms with Crippen LogP contribution in [0.1, 0.15) is 30.9 Å². The fourth-order valence-electron chi connectivity index (χ4n) is 2.47. The van der Waals surface area contributed by atoms with E-state index < -0.39 is 28.8 Å². The van der Waals surface area contributed by atoms with Crippen LogP contribution in [-0.2, 0) is 22.9 Å². The number of rotatable bonds is 6. The van der Waals surface area contributed by atoms with E-state index in [1.165, 1.54) is 5.56 Å². The van der Waals surface area contributed by atoms with E-state index >= 15 is 0 Å². The molecule has 0 heterocycles. The first-order chi connectivity index (χ1) is 9.46. The summed E-state index contributed by atoms with van der Waals surface area (Å²) in [6.07, 6.45) is 3.26. The summed E-state index contributed by atoms with van der Waals surface area (Å²) < 4.78 is 27.2. The second-order valence-electron chi connectivity index (χ2n) is 5.34. The van der Waals surface area contributed by atoms with E-state index in [4.69, 9.17) is 0 Å². The third-order valence-corrected chi connectivity index (χ3v) is 5.59. The zero-order valence-electron chi connectivity index (χ0n) is 11.6. The Bertz CT molecular complexity index is 571. The molecule has 0 bridgehead atoms. The lowest BCUT2D eigenvalue weighted by molar-refractivity contribution is 0.105. The Kier molecular flexibility index (Phi) is 4.49. The molecular formula is C14H21NO4S. The minimum absolute atomic E-state index is 0.192. The lowest BCUT2D eigenvalue weighted by Gasteiger charge is -2.29. The molecule has 0 saturated heterocycles. The summed E-state index contributed by atoms with van der Waals surface area (Å²) in [4.78, 5) is 0.192. The number of hydrogen-bond donors (Lipinski definition) is 3. The van der Waals surface area contributed by atoms with Gasteiger partial charge < -0.3 is 10.2 Å². The quantitative estimate of drug-likeness (QED) is 0.717. The molecule has 0 spiro atoms. The summed E-state index contributed by atoms with van der Waals surface area (Å²) in [7, 11) is -3.75. The Morgan fingerprint density at radius 1 is 1.20 bits per heavy atom. The lowest BCUT2D eigenvalue weighted by Crippen LogP contribution is -2.53. The molecule has 0 aromatic heterocycles. The van der Waals surface area contributed by atoms with Crippen molar-refractivity contribution in [3.05, 3.63) is 29.3 Å². The van der Waals surface area contributed by atoms with Crippen LogP contribution in [0.5, 0.6) is 0 Å². The number of sulfonamides is 1. The largest absolute Gasteiger partial charge is 0.394 e. The molecule has 1 aromatic rings. The molecule has 112 valence electrons. The van der Waals surface area contributed by atoms with Gasteiger partial charge in [0.15, 0.2) is 0 Å². The van der Waals surface area contributed by atoms with Crippen LogP contribution in [0.3, 0.4) is 0 Å². The third-order valence-electron chi connectivity index (χ3n) is 4.01. The van der Waals surface area contributed by atoms with Gasteiger partial charge in [-0.05, 0) is 48.9 Å². The van der Waals surface area contributed by atoms with Crippen LogP contribution < -0.4 is 4.72 Å². The average Bonchev–Trinajstić information content (AvgIpc) is 2.92. The van der Waals surface area contributed by atoms with E-state index in [1.54, 1.807) is 19.1 Å². The summed E-state index contributed by atoms with van der Waals surface area (Å²) in [6.45, 7) is 0.839. The molecule has 0 fully saturated rings. The third kappa shape index (κ3) is 2.88. The predicted molar refractivity (Wildman–Crippen MR) is 76.0 cm³/mol. The van der Waals surface area contributed by atoms with Crippen LogP contribution >= 0.6 is 0 Å². The van der Waals surface area contributed by atoms with Crippen molar-refractivity contribution in [1.29, 1.82) is 0 Å². The highest BCUT2D eigenvalue weighted by atomic mass is 32.2. The molecule has 1 aromatic carbocycles. The Morgan fingerprint density at radius 3 is 2.45 bits per heavy atom. The summed E-state index contributed by atoms with van der Waals surface area (Å²) in [5, 5.41) is 18.7. The Hall–Kier alpha value is -0.950. The molecule has 0 atom stereocenters. The number of aryl methyl sites for hydroxylation is 2. The van der Waals surface area contributed by atoms with Gasteiger partial charge in [-0.2, -0.15) is 0 Å². The monoisotopic (exact) mass is 299 g/mol. The van der Waals surface area contributed by atoms with Gasteiger partial charge in [0.05, 0.1) is 23.6 Å².